The van der Waals surface area contributed by atoms with Gasteiger partial charge in [0.2, 0.25) is 0 Å². The highest BCUT2D eigenvalue weighted by Crippen LogP contribution is 2.30. The van der Waals surface area contributed by atoms with Crippen molar-refractivity contribution in [3.63, 3.8) is 0 Å². The third-order valence-electron chi connectivity index (χ3n) is 10.4. The molecule has 11 rings (SSSR count). The van der Waals surface area contributed by atoms with Gasteiger partial charge in [0.15, 0.2) is 0 Å². The SMILES string of the molecule is Nc1cccc2c1NCCNC2=O.O=C1NCCn2c(-c3ccc(-c4cnc[nH]4)cc3)nc3cccc1c32.O=Cc1ccc(-c2cnc[nH]2)cc1.OCc1ccc(-c2cnc[nH]2)cc1. The predicted octanol–water partition coefficient (Wildman–Crippen LogP) is 6.72. The summed E-state index contributed by atoms with van der Waals surface area (Å²) in [6.45, 7) is 2.73. The zero-order valence-electron chi connectivity index (χ0n) is 34.5. The van der Waals surface area contributed by atoms with Crippen LogP contribution in [-0.4, -0.2) is 82.3 Å². The molecule has 9 N–H and O–H groups in total. The zero-order chi connectivity index (χ0) is 44.3. The summed E-state index contributed by atoms with van der Waals surface area (Å²) in [5.74, 6) is 0.785. The maximum absolute atomic E-state index is 12.3. The Morgan fingerprint density at radius 2 is 1.12 bits per heavy atom. The largest absolute Gasteiger partial charge is 0.397 e. The first-order valence-electron chi connectivity index (χ1n) is 20.4. The number of rotatable bonds is 6. The van der Waals surface area contributed by atoms with Crippen LogP contribution in [0.3, 0.4) is 0 Å². The van der Waals surface area contributed by atoms with Crippen LogP contribution in [0.5, 0.6) is 0 Å². The topological polar surface area (TPSA) is 237 Å². The van der Waals surface area contributed by atoms with Crippen molar-refractivity contribution in [2.75, 3.05) is 30.7 Å². The van der Waals surface area contributed by atoms with Crippen molar-refractivity contribution in [2.45, 2.75) is 13.2 Å². The molecule has 0 atom stereocenters. The third-order valence-corrected chi connectivity index (χ3v) is 10.4. The quantitative estimate of drug-likeness (QED) is 0.0649. The number of hydrogen-bond acceptors (Lipinski definition) is 10. The second kappa shape index (κ2) is 19.8. The van der Waals surface area contributed by atoms with Crippen molar-refractivity contribution in [3.05, 3.63) is 169 Å². The van der Waals surface area contributed by atoms with Crippen LogP contribution < -0.4 is 21.7 Å². The lowest BCUT2D eigenvalue weighted by Gasteiger charge is -2.08. The molecule has 0 spiro atoms. The minimum absolute atomic E-state index is 0.0367. The molecule has 2 amide bonds. The minimum atomic E-state index is -0.0627. The van der Waals surface area contributed by atoms with Gasteiger partial charge in [0.25, 0.3) is 11.8 Å². The molecule has 0 saturated carbocycles. The molecule has 320 valence electrons. The fourth-order valence-corrected chi connectivity index (χ4v) is 7.17. The molecule has 0 radical (unpaired) electrons. The van der Waals surface area contributed by atoms with Gasteiger partial charge in [-0.2, -0.15) is 0 Å². The summed E-state index contributed by atoms with van der Waals surface area (Å²) in [4.78, 5) is 59.9. The van der Waals surface area contributed by atoms with E-state index >= 15 is 0 Å². The first kappa shape index (κ1) is 42.1. The van der Waals surface area contributed by atoms with E-state index in [4.69, 9.17) is 15.8 Å². The number of aromatic nitrogens is 8. The molecule has 2 aliphatic rings. The van der Waals surface area contributed by atoms with Crippen LogP contribution in [0.1, 0.15) is 36.6 Å². The number of hydrogen-bond donors (Lipinski definition) is 8. The number of nitrogens with two attached hydrogens (primary N) is 1. The minimum Gasteiger partial charge on any atom is -0.397 e. The van der Waals surface area contributed by atoms with Crippen molar-refractivity contribution in [1.29, 1.82) is 0 Å². The van der Waals surface area contributed by atoms with Crippen LogP contribution in [0.15, 0.2) is 147 Å². The number of aromatic amines is 3. The molecule has 0 aliphatic carbocycles. The number of aliphatic hydroxyl groups excluding tert-OH is 1. The molecule has 0 unspecified atom stereocenters. The van der Waals surface area contributed by atoms with E-state index in [0.29, 0.717) is 48.6 Å². The molecule has 0 saturated heterocycles. The Morgan fingerprint density at radius 1 is 0.609 bits per heavy atom. The van der Waals surface area contributed by atoms with Crippen LogP contribution in [0, 0.1) is 0 Å². The van der Waals surface area contributed by atoms with Crippen LogP contribution in [0.2, 0.25) is 0 Å². The van der Waals surface area contributed by atoms with Crippen molar-refractivity contribution < 1.29 is 19.5 Å². The Balaban J connectivity index is 0.000000124. The molecule has 9 aromatic rings. The van der Waals surface area contributed by atoms with E-state index in [1.165, 1.54) is 0 Å². The second-order valence-corrected chi connectivity index (χ2v) is 14.5. The Morgan fingerprint density at radius 3 is 1.70 bits per heavy atom. The first-order chi connectivity index (χ1) is 31.4. The van der Waals surface area contributed by atoms with Crippen molar-refractivity contribution in [1.82, 2.24) is 50.1 Å². The molecule has 16 nitrogen and oxygen atoms in total. The summed E-state index contributed by atoms with van der Waals surface area (Å²) in [5, 5.41) is 17.7. The lowest BCUT2D eigenvalue weighted by Crippen LogP contribution is -2.24. The van der Waals surface area contributed by atoms with E-state index in [9.17, 15) is 14.4 Å². The molecule has 0 fully saturated rings. The molecular formula is C48H44N12O4. The average molecular weight is 853 g/mol. The van der Waals surface area contributed by atoms with Gasteiger partial charge < -0.3 is 46.3 Å². The van der Waals surface area contributed by atoms with E-state index in [1.54, 1.807) is 67.9 Å². The van der Waals surface area contributed by atoms with Gasteiger partial charge in [0.05, 0.1) is 94.8 Å². The van der Waals surface area contributed by atoms with E-state index in [0.717, 1.165) is 73.7 Å². The number of anilines is 2. The molecule has 16 heteroatoms. The summed E-state index contributed by atoms with van der Waals surface area (Å²) < 4.78 is 2.13. The van der Waals surface area contributed by atoms with Crippen LogP contribution in [0.25, 0.3) is 56.2 Å². The molecule has 6 heterocycles. The number of nitrogen functional groups attached to an aromatic ring is 1. The summed E-state index contributed by atoms with van der Waals surface area (Å²) in [6, 6.07) is 34.3. The number of benzene rings is 5. The number of fused-ring (bicyclic) bond motifs is 1. The van der Waals surface area contributed by atoms with Crippen molar-refractivity contribution in [3.8, 4) is 45.2 Å². The van der Waals surface area contributed by atoms with Crippen LogP contribution in [0.4, 0.5) is 11.4 Å². The zero-order valence-corrected chi connectivity index (χ0v) is 34.5. The maximum atomic E-state index is 12.3. The molecule has 2 aliphatic heterocycles. The number of carbonyl (C=O) groups is 3. The lowest BCUT2D eigenvalue weighted by atomic mass is 10.1. The predicted molar refractivity (Wildman–Crippen MR) is 246 cm³/mol. The number of para-hydroxylation sites is 2. The monoisotopic (exact) mass is 852 g/mol. The summed E-state index contributed by atoms with van der Waals surface area (Å²) in [6.07, 6.45) is 11.1. The fraction of sp³-hybridized carbons (Fsp3) is 0.104. The summed E-state index contributed by atoms with van der Waals surface area (Å²) >= 11 is 0. The van der Waals surface area contributed by atoms with Gasteiger partial charge in [-0.15, -0.1) is 0 Å². The second-order valence-electron chi connectivity index (χ2n) is 14.5. The average Bonchev–Trinajstić information content (AvgIpc) is 4.19. The van der Waals surface area contributed by atoms with Gasteiger partial charge in [0, 0.05) is 37.3 Å². The number of aliphatic hydroxyl groups is 1. The van der Waals surface area contributed by atoms with E-state index in [2.05, 4.69) is 74.7 Å². The van der Waals surface area contributed by atoms with Crippen molar-refractivity contribution >= 4 is 40.5 Å². The van der Waals surface area contributed by atoms with Gasteiger partial charge in [-0.3, -0.25) is 14.4 Å². The summed E-state index contributed by atoms with van der Waals surface area (Å²) in [7, 11) is 0. The van der Waals surface area contributed by atoms with Gasteiger partial charge in [0.1, 0.15) is 12.1 Å². The van der Waals surface area contributed by atoms with Gasteiger partial charge in [-0.05, 0) is 46.5 Å². The summed E-state index contributed by atoms with van der Waals surface area (Å²) in [5.41, 5.74) is 18.9. The highest BCUT2D eigenvalue weighted by molar-refractivity contribution is 6.06. The smallest absolute Gasteiger partial charge is 0.253 e. The maximum Gasteiger partial charge on any atom is 0.253 e. The Bertz CT molecular complexity index is 2940. The van der Waals surface area contributed by atoms with E-state index in [-0.39, 0.29) is 18.4 Å². The van der Waals surface area contributed by atoms with Gasteiger partial charge in [-0.1, -0.05) is 84.9 Å². The highest BCUT2D eigenvalue weighted by atomic mass is 16.3. The number of carbonyl (C=O) groups excluding carboxylic acids is 3. The third kappa shape index (κ3) is 9.62. The number of imidazole rings is 4. The number of nitrogens with one attached hydrogen (secondary N) is 6. The number of aldehydes is 1. The van der Waals surface area contributed by atoms with E-state index in [1.807, 2.05) is 54.6 Å². The van der Waals surface area contributed by atoms with Crippen LogP contribution >= 0.6 is 0 Å². The Labute approximate surface area is 367 Å². The fourth-order valence-electron chi connectivity index (χ4n) is 7.17. The molecule has 5 aromatic carbocycles. The lowest BCUT2D eigenvalue weighted by molar-refractivity contribution is 0.0949. The number of nitrogens with zero attached hydrogens (tertiary/aromatic N) is 5. The highest BCUT2D eigenvalue weighted by Gasteiger charge is 2.22. The molecule has 64 heavy (non-hydrogen) atoms. The normalized spacial score (nSPS) is 12.5. The standard InChI is InChI=1S/C19H15N5O.C10H10N2O.C10H8N2O.C9H11N3O/c25-19-14-2-1-3-15-17(14)24(9-8-21-19)18(23-15)13-6-4-12(5-7-13)16-10-20-11-22-16;2*13-6-8-1-3-9(4-2-8)10-5-11-7-12-10;10-7-3-1-2-6-8(7)11-4-5-12-9(6)13/h1-7,10-11H,8-9H2,(H,20,22)(H,21,25);1-5,7,13H,6H2,(H,11,12);1-7H,(H,11,12);1-3,11H,4-5,10H2,(H,12,13). The molecule has 0 bridgehead atoms. The van der Waals surface area contributed by atoms with Gasteiger partial charge >= 0.3 is 0 Å². The van der Waals surface area contributed by atoms with E-state index < -0.39 is 0 Å². The van der Waals surface area contributed by atoms with Gasteiger partial charge in [-0.25, -0.2) is 19.9 Å². The molecular weight excluding hydrogens is 809 g/mol. The molecule has 4 aromatic heterocycles. The Hall–Kier alpha value is -8.63. The van der Waals surface area contributed by atoms with Crippen molar-refractivity contribution in [2.24, 2.45) is 0 Å². The number of H-pyrrole nitrogens is 3. The Kier molecular flexibility index (Phi) is 13.0. The first-order valence-corrected chi connectivity index (χ1v) is 20.4. The van der Waals surface area contributed by atoms with Crippen LogP contribution in [-0.2, 0) is 13.2 Å². The number of amides is 2.